The quantitative estimate of drug-likeness (QED) is 0.669. The van der Waals surface area contributed by atoms with Crippen molar-refractivity contribution in [3.8, 4) is 0 Å². The molecule has 0 aromatic rings. The van der Waals surface area contributed by atoms with Gasteiger partial charge in [0, 0.05) is 0 Å². The second kappa shape index (κ2) is 4.18. The molecule has 0 bridgehead atoms. The lowest BCUT2D eigenvalue weighted by molar-refractivity contribution is -0.0370. The van der Waals surface area contributed by atoms with Crippen molar-refractivity contribution in [3.63, 3.8) is 0 Å². The molecule has 2 aliphatic carbocycles. The summed E-state index contributed by atoms with van der Waals surface area (Å²) in [6, 6.07) is 0. The van der Waals surface area contributed by atoms with Gasteiger partial charge in [-0.15, -0.1) is 0 Å². The van der Waals surface area contributed by atoms with Crippen molar-refractivity contribution in [1.29, 1.82) is 0 Å². The number of allylic oxidation sites excluding steroid dienone is 2. The fourth-order valence-corrected chi connectivity index (χ4v) is 3.86. The first-order valence-electron chi connectivity index (χ1n) is 6.80. The zero-order valence-electron chi connectivity index (χ0n) is 11.2. The topological polar surface area (TPSA) is 20.2 Å². The van der Waals surface area contributed by atoms with Crippen molar-refractivity contribution < 1.29 is 5.11 Å². The van der Waals surface area contributed by atoms with E-state index in [0.29, 0.717) is 5.92 Å². The summed E-state index contributed by atoms with van der Waals surface area (Å²) in [5.41, 5.74) is 1.17. The van der Waals surface area contributed by atoms with Crippen LogP contribution in [-0.4, -0.2) is 10.7 Å². The maximum absolute atomic E-state index is 10.3. The van der Waals surface area contributed by atoms with E-state index in [9.17, 15) is 5.11 Å². The fraction of sp³-hybridized carbons (Fsp3) is 0.867. The van der Waals surface area contributed by atoms with Crippen molar-refractivity contribution in [2.45, 2.75) is 59.0 Å². The van der Waals surface area contributed by atoms with Crippen LogP contribution in [0.5, 0.6) is 0 Å². The summed E-state index contributed by atoms with van der Waals surface area (Å²) < 4.78 is 0. The van der Waals surface area contributed by atoms with Crippen LogP contribution in [-0.2, 0) is 0 Å². The second-order valence-electron chi connectivity index (χ2n) is 6.60. The number of hydrogen-bond donors (Lipinski definition) is 1. The molecule has 0 amide bonds. The highest BCUT2D eigenvalue weighted by atomic mass is 16.3. The molecule has 4 unspecified atom stereocenters. The highest BCUT2D eigenvalue weighted by Crippen LogP contribution is 2.49. The van der Waals surface area contributed by atoms with Crippen molar-refractivity contribution in [1.82, 2.24) is 0 Å². The molecule has 1 fully saturated rings. The van der Waals surface area contributed by atoms with Gasteiger partial charge in [-0.1, -0.05) is 25.5 Å². The van der Waals surface area contributed by atoms with Crippen LogP contribution in [0.1, 0.15) is 53.4 Å². The molecule has 1 N–H and O–H groups in total. The molecule has 92 valence electrons. The van der Waals surface area contributed by atoms with Gasteiger partial charge in [-0.25, -0.2) is 0 Å². The predicted octanol–water partition coefficient (Wildman–Crippen LogP) is 3.78. The summed E-state index contributed by atoms with van der Waals surface area (Å²) >= 11 is 0. The Bertz CT molecular complexity index is 288. The third kappa shape index (κ3) is 2.20. The van der Waals surface area contributed by atoms with Crippen LogP contribution in [0, 0.1) is 23.7 Å². The molecule has 0 heterocycles. The third-order valence-corrected chi connectivity index (χ3v) is 4.89. The van der Waals surface area contributed by atoms with Crippen molar-refractivity contribution >= 4 is 0 Å². The minimum absolute atomic E-state index is 0.411. The summed E-state index contributed by atoms with van der Waals surface area (Å²) in [7, 11) is 0. The molecule has 0 saturated heterocycles. The number of rotatable bonds is 1. The molecule has 2 aliphatic rings. The molecule has 1 heteroatoms. The van der Waals surface area contributed by atoms with E-state index in [0.717, 1.165) is 30.6 Å². The molecular formula is C15H26O. The number of hydrogen-bond acceptors (Lipinski definition) is 1. The van der Waals surface area contributed by atoms with Crippen molar-refractivity contribution in [3.05, 3.63) is 11.6 Å². The van der Waals surface area contributed by atoms with Gasteiger partial charge in [-0.2, -0.15) is 0 Å². The average Bonchev–Trinajstić information content (AvgIpc) is 2.15. The Balaban J connectivity index is 2.22. The monoisotopic (exact) mass is 222 g/mol. The summed E-state index contributed by atoms with van der Waals surface area (Å²) in [5.74, 6) is 2.99. The Morgan fingerprint density at radius 2 is 2.12 bits per heavy atom. The highest BCUT2D eigenvalue weighted by molar-refractivity contribution is 5.14. The minimum atomic E-state index is -0.411. The van der Waals surface area contributed by atoms with E-state index in [1.165, 1.54) is 12.8 Å². The van der Waals surface area contributed by atoms with E-state index in [1.54, 1.807) is 5.57 Å². The number of aliphatic hydroxyl groups is 1. The Morgan fingerprint density at radius 1 is 1.44 bits per heavy atom. The van der Waals surface area contributed by atoms with E-state index >= 15 is 0 Å². The van der Waals surface area contributed by atoms with Gasteiger partial charge in [0.2, 0.25) is 0 Å². The zero-order valence-corrected chi connectivity index (χ0v) is 11.2. The summed E-state index contributed by atoms with van der Waals surface area (Å²) in [5, 5.41) is 10.3. The Kier molecular flexibility index (Phi) is 3.18. The molecule has 0 aliphatic heterocycles. The first kappa shape index (κ1) is 12.2. The lowest BCUT2D eigenvalue weighted by Gasteiger charge is -2.47. The summed E-state index contributed by atoms with van der Waals surface area (Å²) in [4.78, 5) is 0. The first-order chi connectivity index (χ1) is 7.41. The van der Waals surface area contributed by atoms with Crippen LogP contribution in [0.4, 0.5) is 0 Å². The van der Waals surface area contributed by atoms with Crippen LogP contribution in [0.2, 0.25) is 0 Å². The second-order valence-corrected chi connectivity index (χ2v) is 6.60. The molecule has 4 atom stereocenters. The lowest BCUT2D eigenvalue weighted by Crippen LogP contribution is -2.42. The van der Waals surface area contributed by atoms with Gasteiger partial charge < -0.3 is 5.11 Å². The van der Waals surface area contributed by atoms with Crippen LogP contribution in [0.25, 0.3) is 0 Å². The van der Waals surface area contributed by atoms with Gasteiger partial charge in [-0.3, -0.25) is 0 Å². The van der Waals surface area contributed by atoms with Gasteiger partial charge in [0.15, 0.2) is 0 Å². The van der Waals surface area contributed by atoms with E-state index in [1.807, 2.05) is 6.92 Å². The molecule has 0 radical (unpaired) electrons. The highest BCUT2D eigenvalue weighted by Gasteiger charge is 2.42. The van der Waals surface area contributed by atoms with Gasteiger partial charge in [0.1, 0.15) is 0 Å². The third-order valence-electron chi connectivity index (χ3n) is 4.89. The van der Waals surface area contributed by atoms with Crippen LogP contribution in [0.15, 0.2) is 11.6 Å². The summed E-state index contributed by atoms with van der Waals surface area (Å²) in [6.07, 6.45) is 6.84. The van der Waals surface area contributed by atoms with Crippen molar-refractivity contribution in [2.75, 3.05) is 0 Å². The molecule has 0 aromatic carbocycles. The molecule has 0 spiro atoms. The van der Waals surface area contributed by atoms with E-state index in [2.05, 4.69) is 26.8 Å². The van der Waals surface area contributed by atoms with Gasteiger partial charge in [0.05, 0.1) is 5.60 Å². The Labute approximate surface area is 99.9 Å². The Hall–Kier alpha value is -0.300. The lowest BCUT2D eigenvalue weighted by atomic mass is 9.60. The van der Waals surface area contributed by atoms with Crippen molar-refractivity contribution in [2.24, 2.45) is 23.7 Å². The zero-order chi connectivity index (χ0) is 11.9. The molecule has 2 rings (SSSR count). The molecule has 16 heavy (non-hydrogen) atoms. The van der Waals surface area contributed by atoms with E-state index in [-0.39, 0.29) is 0 Å². The molecule has 0 aromatic heterocycles. The van der Waals surface area contributed by atoms with E-state index < -0.39 is 5.60 Å². The summed E-state index contributed by atoms with van der Waals surface area (Å²) in [6.45, 7) is 8.97. The molecule has 1 saturated carbocycles. The SMILES string of the molecule is CC1=CCC(C(C)C)C2CC(C)(O)CCC12. The molecule has 1 nitrogen and oxygen atoms in total. The first-order valence-corrected chi connectivity index (χ1v) is 6.80. The maximum atomic E-state index is 10.3. The van der Waals surface area contributed by atoms with Gasteiger partial charge in [-0.05, 0) is 63.2 Å². The minimum Gasteiger partial charge on any atom is -0.390 e. The van der Waals surface area contributed by atoms with Crippen LogP contribution in [0.3, 0.4) is 0 Å². The van der Waals surface area contributed by atoms with Gasteiger partial charge >= 0.3 is 0 Å². The fourth-order valence-electron chi connectivity index (χ4n) is 3.86. The van der Waals surface area contributed by atoms with Crippen LogP contribution >= 0.6 is 0 Å². The maximum Gasteiger partial charge on any atom is 0.0623 e. The smallest absolute Gasteiger partial charge is 0.0623 e. The van der Waals surface area contributed by atoms with Gasteiger partial charge in [0.25, 0.3) is 0 Å². The molecular weight excluding hydrogens is 196 g/mol. The van der Waals surface area contributed by atoms with E-state index in [4.69, 9.17) is 0 Å². The predicted molar refractivity (Wildman–Crippen MR) is 68.2 cm³/mol. The number of fused-ring (bicyclic) bond motifs is 1. The van der Waals surface area contributed by atoms with Crippen LogP contribution < -0.4 is 0 Å². The normalized spacial score (nSPS) is 44.1. The largest absolute Gasteiger partial charge is 0.390 e. The standard InChI is InChI=1S/C15H26O/c1-10(2)12-6-5-11(3)13-7-8-15(4,16)9-14(12)13/h5,10,12-14,16H,6-9H2,1-4H3. The Morgan fingerprint density at radius 3 is 2.75 bits per heavy atom. The average molecular weight is 222 g/mol.